The van der Waals surface area contributed by atoms with Gasteiger partial charge in [0.25, 0.3) is 0 Å². The van der Waals surface area contributed by atoms with E-state index in [9.17, 15) is 0 Å². The number of pyridine rings is 1. The van der Waals surface area contributed by atoms with Crippen molar-refractivity contribution in [2.45, 2.75) is 25.8 Å². The van der Waals surface area contributed by atoms with Crippen LogP contribution in [0.5, 0.6) is 0 Å². The number of rotatable bonds is 9. The third kappa shape index (κ3) is 5.40. The van der Waals surface area contributed by atoms with E-state index in [1.807, 2.05) is 57.4 Å². The van der Waals surface area contributed by atoms with Crippen molar-refractivity contribution < 1.29 is 4.52 Å². The van der Waals surface area contributed by atoms with Crippen LogP contribution in [0.4, 0.5) is 23.4 Å². The van der Waals surface area contributed by atoms with Crippen LogP contribution in [0.2, 0.25) is 0 Å². The zero-order valence-corrected chi connectivity index (χ0v) is 20.2. The van der Waals surface area contributed by atoms with E-state index < -0.39 is 0 Å². The standard InChI is InChI=1S/C24H30N10O/c1-16-13-23(31-30-16)27-22-15-21(26-10-12-33(2)3)28-24(29-22)34-11-6-8-19(34)20-14-18(32-35-20)17-7-4-5-9-25-17/h4-5,7,9,13-15,19H,6,8,10-12H2,1-3H3,(H3,26,27,28,29,30,31)/t19-/m0/s1. The molecule has 11 heteroatoms. The first-order valence-electron chi connectivity index (χ1n) is 11.8. The Morgan fingerprint density at radius 1 is 1.11 bits per heavy atom. The average Bonchev–Trinajstić information content (AvgIpc) is 3.60. The van der Waals surface area contributed by atoms with Crippen LogP contribution in [-0.4, -0.2) is 68.9 Å². The van der Waals surface area contributed by atoms with E-state index in [4.69, 9.17) is 14.5 Å². The van der Waals surface area contributed by atoms with Gasteiger partial charge in [-0.05, 0) is 46.0 Å². The van der Waals surface area contributed by atoms with Crippen molar-refractivity contribution in [2.24, 2.45) is 0 Å². The minimum atomic E-state index is -0.00235. The molecule has 1 saturated heterocycles. The van der Waals surface area contributed by atoms with Crippen LogP contribution < -0.4 is 15.5 Å². The van der Waals surface area contributed by atoms with Gasteiger partial charge in [0.05, 0.1) is 11.7 Å². The molecule has 0 bridgehead atoms. The van der Waals surface area contributed by atoms with Crippen LogP contribution >= 0.6 is 0 Å². The van der Waals surface area contributed by atoms with Gasteiger partial charge in [-0.15, -0.1) is 0 Å². The fourth-order valence-electron chi connectivity index (χ4n) is 4.12. The molecule has 35 heavy (non-hydrogen) atoms. The van der Waals surface area contributed by atoms with Gasteiger partial charge in [-0.1, -0.05) is 11.2 Å². The number of nitrogens with zero attached hydrogens (tertiary/aromatic N) is 7. The first-order valence-corrected chi connectivity index (χ1v) is 11.8. The molecule has 0 radical (unpaired) electrons. The molecule has 1 atom stereocenters. The number of hydrogen-bond donors (Lipinski definition) is 3. The largest absolute Gasteiger partial charge is 0.369 e. The molecule has 0 aromatic carbocycles. The Kier molecular flexibility index (Phi) is 6.57. The van der Waals surface area contributed by atoms with Gasteiger partial charge < -0.3 is 25.0 Å². The van der Waals surface area contributed by atoms with Gasteiger partial charge in [0, 0.05) is 49.7 Å². The third-order valence-corrected chi connectivity index (χ3v) is 5.84. The van der Waals surface area contributed by atoms with Crippen LogP contribution in [0.3, 0.4) is 0 Å². The Bertz CT molecular complexity index is 1250. The molecule has 1 aliphatic rings. The first-order chi connectivity index (χ1) is 17.0. The zero-order chi connectivity index (χ0) is 24.2. The predicted octanol–water partition coefficient (Wildman–Crippen LogP) is 3.62. The molecule has 0 spiro atoms. The Labute approximate surface area is 204 Å². The SMILES string of the molecule is Cc1cc(Nc2cc(NCCN(C)C)nc(N3CCC[C@H]3c3cc(-c4ccccn4)no3)n2)n[nH]1. The maximum atomic E-state index is 5.77. The van der Waals surface area contributed by atoms with Crippen molar-refractivity contribution in [1.82, 2.24) is 35.2 Å². The summed E-state index contributed by atoms with van der Waals surface area (Å²) in [6, 6.07) is 11.6. The normalized spacial score (nSPS) is 15.7. The minimum absolute atomic E-state index is 0.00235. The van der Waals surface area contributed by atoms with Gasteiger partial charge in [0.2, 0.25) is 5.95 Å². The van der Waals surface area contributed by atoms with Crippen LogP contribution in [0.1, 0.15) is 30.3 Å². The summed E-state index contributed by atoms with van der Waals surface area (Å²) in [7, 11) is 4.09. The maximum absolute atomic E-state index is 5.77. The van der Waals surface area contributed by atoms with Crippen molar-refractivity contribution in [3.63, 3.8) is 0 Å². The van der Waals surface area contributed by atoms with Crippen LogP contribution in [0.25, 0.3) is 11.4 Å². The molecule has 4 aromatic rings. The molecule has 5 rings (SSSR count). The molecule has 182 valence electrons. The molecule has 1 fully saturated rings. The number of H-pyrrole nitrogens is 1. The number of aromatic nitrogens is 6. The lowest BCUT2D eigenvalue weighted by Crippen LogP contribution is -2.26. The van der Waals surface area contributed by atoms with Crippen LogP contribution in [0.15, 0.2) is 47.1 Å². The monoisotopic (exact) mass is 474 g/mol. The van der Waals surface area contributed by atoms with Crippen LogP contribution in [0, 0.1) is 6.92 Å². The predicted molar refractivity (Wildman–Crippen MR) is 135 cm³/mol. The van der Waals surface area contributed by atoms with E-state index in [0.29, 0.717) is 17.6 Å². The van der Waals surface area contributed by atoms with E-state index in [-0.39, 0.29) is 6.04 Å². The van der Waals surface area contributed by atoms with Gasteiger partial charge in [-0.3, -0.25) is 10.1 Å². The van der Waals surface area contributed by atoms with Crippen molar-refractivity contribution in [1.29, 1.82) is 0 Å². The number of aryl methyl sites for hydroxylation is 1. The van der Waals surface area contributed by atoms with Crippen molar-refractivity contribution in [2.75, 3.05) is 49.3 Å². The second-order valence-electron chi connectivity index (χ2n) is 8.91. The molecular formula is C24H30N10O. The molecule has 0 unspecified atom stereocenters. The Morgan fingerprint density at radius 3 is 2.77 bits per heavy atom. The second-order valence-corrected chi connectivity index (χ2v) is 8.91. The van der Waals surface area contributed by atoms with Crippen LogP contribution in [-0.2, 0) is 0 Å². The summed E-state index contributed by atoms with van der Waals surface area (Å²) in [5, 5.41) is 18.2. The summed E-state index contributed by atoms with van der Waals surface area (Å²) in [6.07, 6.45) is 3.69. The highest BCUT2D eigenvalue weighted by molar-refractivity contribution is 5.60. The Hall–Kier alpha value is -3.99. The number of anilines is 4. The molecule has 5 heterocycles. The molecular weight excluding hydrogens is 444 g/mol. The van der Waals surface area contributed by atoms with Gasteiger partial charge in [-0.25, -0.2) is 0 Å². The summed E-state index contributed by atoms with van der Waals surface area (Å²) in [5.41, 5.74) is 2.49. The van der Waals surface area contributed by atoms with E-state index >= 15 is 0 Å². The number of likely N-dealkylation sites (N-methyl/N-ethyl adjacent to an activating group) is 1. The van der Waals surface area contributed by atoms with E-state index in [2.05, 4.69) is 40.8 Å². The molecule has 4 aromatic heterocycles. The van der Waals surface area contributed by atoms with E-state index in [1.165, 1.54) is 0 Å². The molecule has 0 amide bonds. The summed E-state index contributed by atoms with van der Waals surface area (Å²) in [6.45, 7) is 4.44. The first kappa shape index (κ1) is 22.8. The summed E-state index contributed by atoms with van der Waals surface area (Å²) < 4.78 is 5.77. The smallest absolute Gasteiger partial charge is 0.229 e. The molecule has 11 nitrogen and oxygen atoms in total. The van der Waals surface area contributed by atoms with Gasteiger partial charge >= 0.3 is 0 Å². The summed E-state index contributed by atoms with van der Waals surface area (Å²) in [4.78, 5) is 18.4. The minimum Gasteiger partial charge on any atom is -0.369 e. The Morgan fingerprint density at radius 2 is 2.00 bits per heavy atom. The van der Waals surface area contributed by atoms with Crippen molar-refractivity contribution in [3.8, 4) is 11.4 Å². The lowest BCUT2D eigenvalue weighted by molar-refractivity contribution is 0.362. The lowest BCUT2D eigenvalue weighted by Gasteiger charge is -2.24. The molecule has 0 saturated carbocycles. The average molecular weight is 475 g/mol. The topological polar surface area (TPSA) is 124 Å². The zero-order valence-electron chi connectivity index (χ0n) is 20.2. The quantitative estimate of drug-likeness (QED) is 0.331. The van der Waals surface area contributed by atoms with Gasteiger partial charge in [0.15, 0.2) is 11.6 Å². The second kappa shape index (κ2) is 10.1. The fourth-order valence-corrected chi connectivity index (χ4v) is 4.12. The fraction of sp³-hybridized carbons (Fsp3) is 0.375. The maximum Gasteiger partial charge on any atom is 0.229 e. The summed E-state index contributed by atoms with van der Waals surface area (Å²) >= 11 is 0. The van der Waals surface area contributed by atoms with Gasteiger partial charge in [0.1, 0.15) is 17.3 Å². The van der Waals surface area contributed by atoms with E-state index in [1.54, 1.807) is 6.20 Å². The molecule has 3 N–H and O–H groups in total. The van der Waals surface area contributed by atoms with Crippen molar-refractivity contribution >= 4 is 23.4 Å². The third-order valence-electron chi connectivity index (χ3n) is 5.84. The molecule has 0 aliphatic carbocycles. The Balaban J connectivity index is 1.42. The lowest BCUT2D eigenvalue weighted by atomic mass is 10.1. The number of aromatic amines is 1. The summed E-state index contributed by atoms with van der Waals surface area (Å²) in [5.74, 6) is 3.55. The highest BCUT2D eigenvalue weighted by Gasteiger charge is 2.32. The highest BCUT2D eigenvalue weighted by Crippen LogP contribution is 2.36. The van der Waals surface area contributed by atoms with Crippen molar-refractivity contribution in [3.05, 3.63) is 54.0 Å². The highest BCUT2D eigenvalue weighted by atomic mass is 16.5. The van der Waals surface area contributed by atoms with E-state index in [0.717, 1.165) is 61.1 Å². The number of nitrogens with one attached hydrogen (secondary N) is 3. The molecule has 1 aliphatic heterocycles. The van der Waals surface area contributed by atoms with Gasteiger partial charge in [-0.2, -0.15) is 15.1 Å². The number of hydrogen-bond acceptors (Lipinski definition) is 10.